The summed E-state index contributed by atoms with van der Waals surface area (Å²) in [5, 5.41) is 19.1. The first-order valence-electron chi connectivity index (χ1n) is 12.6. The lowest BCUT2D eigenvalue weighted by Crippen LogP contribution is -2.41. The lowest BCUT2D eigenvalue weighted by Gasteiger charge is -2.29. The molecule has 1 N–H and O–H groups in total. The van der Waals surface area contributed by atoms with Gasteiger partial charge in [0.1, 0.15) is 26.7 Å². The van der Waals surface area contributed by atoms with E-state index in [9.17, 15) is 18.5 Å². The Balaban J connectivity index is 1.49. The number of pyridine rings is 1. The van der Waals surface area contributed by atoms with E-state index in [1.54, 1.807) is 32.0 Å². The standard InChI is InChI=1S/C25H27FN8O3S2/c1-24(6-7-24)31-39(36,37)17-13-34-16(21-29-30-22(38-21)25(14-27)8-9-25)12-28-20(34)18(19(17)26)15-4-10-33(11-5-15)23(35)32(2)3/h4,12-13,31H,5-11H2,1-3H3. The average molecular weight is 571 g/mol. The number of rotatable bonds is 6. The lowest BCUT2D eigenvalue weighted by molar-refractivity contribution is 0.176. The Labute approximate surface area is 229 Å². The van der Waals surface area contributed by atoms with E-state index >= 15 is 4.39 Å². The monoisotopic (exact) mass is 570 g/mol. The number of fused-ring (bicyclic) bond motifs is 1. The molecule has 3 aromatic heterocycles. The molecule has 2 aliphatic carbocycles. The average Bonchev–Trinajstić information content (AvgIpc) is 3.73. The number of sulfonamides is 1. The van der Waals surface area contributed by atoms with Crippen molar-refractivity contribution < 1.29 is 17.6 Å². The van der Waals surface area contributed by atoms with Gasteiger partial charge < -0.3 is 9.80 Å². The third-order valence-corrected chi connectivity index (χ3v) is 10.3. The number of hydrogen-bond donors (Lipinski definition) is 1. The molecule has 204 valence electrons. The van der Waals surface area contributed by atoms with E-state index in [2.05, 4.69) is 26.0 Å². The highest BCUT2D eigenvalue weighted by atomic mass is 32.2. The van der Waals surface area contributed by atoms with E-state index in [-0.39, 0.29) is 23.8 Å². The summed E-state index contributed by atoms with van der Waals surface area (Å²) in [6, 6.07) is 2.15. The Hall–Kier alpha value is -3.41. The molecule has 2 saturated carbocycles. The molecule has 0 atom stereocenters. The smallest absolute Gasteiger partial charge is 0.319 e. The molecular formula is C25H27FN8O3S2. The number of aromatic nitrogens is 4. The molecule has 4 heterocycles. The maximum absolute atomic E-state index is 16.2. The van der Waals surface area contributed by atoms with Crippen LogP contribution in [0.3, 0.4) is 0 Å². The van der Waals surface area contributed by atoms with Crippen molar-refractivity contribution in [3.63, 3.8) is 0 Å². The Bertz CT molecular complexity index is 1690. The molecule has 0 aromatic carbocycles. The summed E-state index contributed by atoms with van der Waals surface area (Å²) in [6.07, 6.45) is 7.62. The van der Waals surface area contributed by atoms with Crippen molar-refractivity contribution in [2.45, 2.75) is 54.9 Å². The fourth-order valence-corrected chi connectivity index (χ4v) is 7.33. The Morgan fingerprint density at radius 3 is 2.59 bits per heavy atom. The first-order chi connectivity index (χ1) is 18.5. The predicted molar refractivity (Wildman–Crippen MR) is 142 cm³/mol. The van der Waals surface area contributed by atoms with Crippen LogP contribution in [0.5, 0.6) is 0 Å². The summed E-state index contributed by atoms with van der Waals surface area (Å²) in [7, 11) is -0.879. The van der Waals surface area contributed by atoms with Gasteiger partial charge in [0.25, 0.3) is 0 Å². The molecule has 1 aliphatic heterocycles. The Kier molecular flexibility index (Phi) is 5.83. The summed E-state index contributed by atoms with van der Waals surface area (Å²) < 4.78 is 47.3. The molecule has 39 heavy (non-hydrogen) atoms. The highest BCUT2D eigenvalue weighted by Gasteiger charge is 2.48. The van der Waals surface area contributed by atoms with Crippen molar-refractivity contribution in [3.05, 3.63) is 34.9 Å². The first kappa shape index (κ1) is 25.8. The molecule has 0 spiro atoms. The van der Waals surface area contributed by atoms with Crippen LogP contribution in [-0.4, -0.2) is 76.6 Å². The highest BCUT2D eigenvalue weighted by Crippen LogP contribution is 2.49. The number of carbonyl (C=O) groups excluding carboxylic acids is 1. The van der Waals surface area contributed by atoms with Gasteiger partial charge in [-0.15, -0.1) is 10.2 Å². The van der Waals surface area contributed by atoms with Gasteiger partial charge in [-0.3, -0.25) is 4.40 Å². The number of hydrogen-bond acceptors (Lipinski definition) is 8. The summed E-state index contributed by atoms with van der Waals surface area (Å²) in [6.45, 7) is 2.40. The van der Waals surface area contributed by atoms with E-state index in [1.165, 1.54) is 33.0 Å². The number of carbonyl (C=O) groups is 1. The molecule has 3 aromatic rings. The van der Waals surface area contributed by atoms with Crippen molar-refractivity contribution in [2.75, 3.05) is 27.2 Å². The quantitative estimate of drug-likeness (QED) is 0.481. The maximum atomic E-state index is 16.2. The second kappa shape index (κ2) is 8.80. The molecule has 0 radical (unpaired) electrons. The van der Waals surface area contributed by atoms with Crippen LogP contribution in [-0.2, 0) is 15.4 Å². The van der Waals surface area contributed by atoms with Crippen LogP contribution in [0.4, 0.5) is 9.18 Å². The zero-order valence-electron chi connectivity index (χ0n) is 21.7. The Morgan fingerprint density at radius 2 is 2.00 bits per heavy atom. The first-order valence-corrected chi connectivity index (χ1v) is 14.9. The molecule has 0 saturated heterocycles. The predicted octanol–water partition coefficient (Wildman–Crippen LogP) is 3.15. The number of imidazole rings is 1. The second-order valence-electron chi connectivity index (χ2n) is 10.9. The van der Waals surface area contributed by atoms with E-state index < -0.39 is 31.7 Å². The number of nitrogens with one attached hydrogen (secondary N) is 1. The minimum absolute atomic E-state index is 0.0856. The van der Waals surface area contributed by atoms with Crippen molar-refractivity contribution in [3.8, 4) is 16.8 Å². The minimum atomic E-state index is -4.21. The molecule has 11 nitrogen and oxygen atoms in total. The van der Waals surface area contributed by atoms with Gasteiger partial charge >= 0.3 is 6.03 Å². The fraction of sp³-hybridized carbons (Fsp3) is 0.480. The zero-order valence-corrected chi connectivity index (χ0v) is 23.4. The van der Waals surface area contributed by atoms with Gasteiger partial charge in [-0.2, -0.15) is 5.26 Å². The lowest BCUT2D eigenvalue weighted by atomic mass is 10.00. The van der Waals surface area contributed by atoms with Crippen molar-refractivity contribution in [1.29, 1.82) is 5.26 Å². The molecule has 6 rings (SSSR count). The molecule has 0 bridgehead atoms. The number of halogens is 1. The number of nitriles is 1. The zero-order chi connectivity index (χ0) is 27.7. The van der Waals surface area contributed by atoms with Gasteiger partial charge in [0.05, 0.1) is 17.8 Å². The summed E-state index contributed by atoms with van der Waals surface area (Å²) in [4.78, 5) is 19.5. The van der Waals surface area contributed by atoms with E-state index in [1.807, 2.05) is 0 Å². The minimum Gasteiger partial charge on any atom is -0.331 e. The van der Waals surface area contributed by atoms with Gasteiger partial charge in [-0.1, -0.05) is 17.4 Å². The summed E-state index contributed by atoms with van der Waals surface area (Å²) in [5.74, 6) is -0.880. The van der Waals surface area contributed by atoms with E-state index in [0.29, 0.717) is 47.1 Å². The van der Waals surface area contributed by atoms with Gasteiger partial charge in [-0.25, -0.2) is 27.3 Å². The van der Waals surface area contributed by atoms with Crippen LogP contribution >= 0.6 is 11.3 Å². The number of urea groups is 1. The van der Waals surface area contributed by atoms with Gasteiger partial charge in [-0.05, 0) is 44.6 Å². The van der Waals surface area contributed by atoms with Crippen LogP contribution in [0, 0.1) is 17.1 Å². The molecule has 2 fully saturated rings. The van der Waals surface area contributed by atoms with Crippen LogP contribution < -0.4 is 4.72 Å². The second-order valence-corrected chi connectivity index (χ2v) is 13.5. The van der Waals surface area contributed by atoms with Crippen LogP contribution in [0.25, 0.3) is 21.9 Å². The maximum Gasteiger partial charge on any atom is 0.319 e. The molecule has 0 unspecified atom stereocenters. The van der Waals surface area contributed by atoms with Crippen LogP contribution in [0.2, 0.25) is 0 Å². The van der Waals surface area contributed by atoms with E-state index in [4.69, 9.17) is 0 Å². The van der Waals surface area contributed by atoms with Crippen molar-refractivity contribution >= 4 is 38.6 Å². The fourth-order valence-electron chi connectivity index (χ4n) is 4.74. The summed E-state index contributed by atoms with van der Waals surface area (Å²) >= 11 is 1.26. The normalized spacial score (nSPS) is 19.5. The van der Waals surface area contributed by atoms with Gasteiger partial charge in [0.2, 0.25) is 10.0 Å². The topological polar surface area (TPSA) is 137 Å². The number of amides is 2. The van der Waals surface area contributed by atoms with Crippen LogP contribution in [0.15, 0.2) is 23.4 Å². The summed E-state index contributed by atoms with van der Waals surface area (Å²) in [5.41, 5.74) is 0.150. The van der Waals surface area contributed by atoms with E-state index in [0.717, 1.165) is 12.8 Å². The molecule has 14 heteroatoms. The van der Waals surface area contributed by atoms with Gasteiger partial charge in [0.15, 0.2) is 10.8 Å². The number of nitrogens with zero attached hydrogens (tertiary/aromatic N) is 7. The Morgan fingerprint density at radius 1 is 1.26 bits per heavy atom. The molecule has 2 amide bonds. The SMILES string of the molecule is CN(C)C(=O)N1CC=C(c2c(F)c(S(=O)(=O)NC3(C)CC3)cn3c(-c4nnc(C5(C#N)CC5)s4)cnc23)CC1. The molecule has 3 aliphatic rings. The highest BCUT2D eigenvalue weighted by molar-refractivity contribution is 7.89. The van der Waals surface area contributed by atoms with Crippen molar-refractivity contribution in [1.82, 2.24) is 34.1 Å². The third-order valence-electron chi connectivity index (χ3n) is 7.57. The van der Waals surface area contributed by atoms with Gasteiger partial charge in [0, 0.05) is 38.9 Å². The third kappa shape index (κ3) is 4.38. The van der Waals surface area contributed by atoms with Crippen molar-refractivity contribution in [2.24, 2.45) is 0 Å². The molecular weight excluding hydrogens is 543 g/mol. The largest absolute Gasteiger partial charge is 0.331 e. The van der Waals surface area contributed by atoms with Crippen LogP contribution in [0.1, 0.15) is 49.6 Å².